The van der Waals surface area contributed by atoms with Crippen molar-refractivity contribution in [3.05, 3.63) is 34.9 Å². The van der Waals surface area contributed by atoms with Crippen LogP contribution in [0.1, 0.15) is 50.8 Å². The average molecular weight is 389 g/mol. The third-order valence-electron chi connectivity index (χ3n) is 4.52. The fourth-order valence-corrected chi connectivity index (χ4v) is 3.08. The molecule has 10 nitrogen and oxygen atoms in total. The Labute approximate surface area is 159 Å². The highest BCUT2D eigenvalue weighted by molar-refractivity contribution is 6.22. The van der Waals surface area contributed by atoms with E-state index in [-0.39, 0.29) is 29.3 Å². The topological polar surface area (TPSA) is 145 Å². The summed E-state index contributed by atoms with van der Waals surface area (Å²) in [6, 6.07) is 2.89. The lowest BCUT2D eigenvalue weighted by molar-refractivity contribution is -0.127. The monoisotopic (exact) mass is 389 g/mol. The van der Waals surface area contributed by atoms with Crippen molar-refractivity contribution in [2.75, 3.05) is 13.2 Å². The zero-order valence-electron chi connectivity index (χ0n) is 15.1. The molecule has 3 rings (SSSR count). The maximum atomic E-state index is 12.6. The van der Waals surface area contributed by atoms with Gasteiger partial charge < -0.3 is 15.2 Å². The summed E-state index contributed by atoms with van der Waals surface area (Å²) in [7, 11) is 0. The summed E-state index contributed by atoms with van der Waals surface area (Å²) in [4.78, 5) is 60.7. The number of nitrogens with one attached hydrogen (secondary N) is 1. The number of primary amides is 1. The van der Waals surface area contributed by atoms with Crippen molar-refractivity contribution in [2.45, 2.75) is 32.0 Å². The lowest BCUT2D eigenvalue weighted by Gasteiger charge is -2.17. The molecule has 0 spiro atoms. The Balaban J connectivity index is 1.72. The summed E-state index contributed by atoms with van der Waals surface area (Å²) in [5, 5.41) is 1.80. The first kappa shape index (κ1) is 19.5. The van der Waals surface area contributed by atoms with E-state index in [1.807, 2.05) is 0 Å². The number of amides is 5. The normalized spacial score (nSPS) is 19.3. The number of carbonyl (C=O) groups excluding carboxylic acids is 5. The molecule has 1 aromatic carbocycles. The maximum absolute atomic E-state index is 12.6. The molecule has 1 saturated heterocycles. The van der Waals surface area contributed by atoms with Crippen LogP contribution in [0.25, 0.3) is 0 Å². The molecule has 0 saturated carbocycles. The highest BCUT2D eigenvalue weighted by Crippen LogP contribution is 2.26. The molecule has 10 heteroatoms. The lowest BCUT2D eigenvalue weighted by atomic mass is 10.1. The highest BCUT2D eigenvalue weighted by atomic mass is 16.5. The lowest BCUT2D eigenvalue weighted by Crippen LogP contribution is -2.42. The quantitative estimate of drug-likeness (QED) is 0.540. The summed E-state index contributed by atoms with van der Waals surface area (Å²) in [6.07, 6.45) is 0.194. The van der Waals surface area contributed by atoms with E-state index in [4.69, 9.17) is 15.2 Å². The number of urea groups is 1. The van der Waals surface area contributed by atoms with Crippen LogP contribution in [0, 0.1) is 0 Å². The maximum Gasteiger partial charge on any atom is 0.338 e. The van der Waals surface area contributed by atoms with E-state index in [0.717, 1.165) is 17.7 Å². The molecule has 5 amide bonds. The Hall–Kier alpha value is -3.27. The number of hydrogen-bond acceptors (Lipinski definition) is 7. The van der Waals surface area contributed by atoms with Crippen LogP contribution < -0.4 is 11.1 Å². The van der Waals surface area contributed by atoms with Gasteiger partial charge in [-0.15, -0.1) is 0 Å². The molecule has 0 aromatic heterocycles. The Kier molecular flexibility index (Phi) is 5.41. The second-order valence-electron chi connectivity index (χ2n) is 6.52. The van der Waals surface area contributed by atoms with Crippen molar-refractivity contribution in [3.63, 3.8) is 0 Å². The van der Waals surface area contributed by atoms with Gasteiger partial charge in [-0.2, -0.15) is 0 Å². The predicted molar refractivity (Wildman–Crippen MR) is 93.4 cm³/mol. The number of nitrogens with zero attached hydrogens (tertiary/aromatic N) is 1. The van der Waals surface area contributed by atoms with Crippen LogP contribution in [0.3, 0.4) is 0 Å². The fraction of sp³-hybridized carbons (Fsp3) is 0.389. The molecule has 0 radical (unpaired) electrons. The third-order valence-corrected chi connectivity index (χ3v) is 4.52. The van der Waals surface area contributed by atoms with E-state index < -0.39 is 35.8 Å². The van der Waals surface area contributed by atoms with E-state index in [0.29, 0.717) is 6.61 Å². The van der Waals surface area contributed by atoms with E-state index in [1.54, 1.807) is 5.32 Å². The second-order valence-corrected chi connectivity index (χ2v) is 6.52. The molecule has 1 aromatic rings. The van der Waals surface area contributed by atoms with Crippen molar-refractivity contribution in [2.24, 2.45) is 5.73 Å². The summed E-state index contributed by atoms with van der Waals surface area (Å²) < 4.78 is 10.4. The second kappa shape index (κ2) is 7.77. The molecular weight excluding hydrogens is 370 g/mol. The molecule has 28 heavy (non-hydrogen) atoms. The smallest absolute Gasteiger partial charge is 0.338 e. The average Bonchev–Trinajstić information content (AvgIpc) is 3.24. The van der Waals surface area contributed by atoms with Crippen LogP contribution in [-0.4, -0.2) is 60.0 Å². The molecule has 148 valence electrons. The fourth-order valence-electron chi connectivity index (χ4n) is 3.08. The number of imide groups is 2. The number of nitrogens with two attached hydrogens (primary N) is 1. The standard InChI is InChI=1S/C18H19N3O7/c1-9(14(22)20-18(19)26)28-17(25)10-4-5-12-13(7-10)16(24)21(15(12)23)8-11-3-2-6-27-11/h4-5,7,9,11H,2-3,6,8H2,1H3,(H3,19,20,22,26). The molecule has 1 fully saturated rings. The summed E-state index contributed by atoms with van der Waals surface area (Å²) in [5.41, 5.74) is 5.12. The molecule has 3 N–H and O–H groups in total. The van der Waals surface area contributed by atoms with Crippen molar-refractivity contribution >= 4 is 29.7 Å². The van der Waals surface area contributed by atoms with Gasteiger partial charge in [0, 0.05) is 6.61 Å². The van der Waals surface area contributed by atoms with Gasteiger partial charge in [-0.1, -0.05) is 0 Å². The molecular formula is C18H19N3O7. The largest absolute Gasteiger partial charge is 0.449 e. The van der Waals surface area contributed by atoms with E-state index in [1.165, 1.54) is 25.1 Å². The third kappa shape index (κ3) is 3.86. The number of esters is 1. The number of benzene rings is 1. The van der Waals surface area contributed by atoms with E-state index >= 15 is 0 Å². The molecule has 2 heterocycles. The number of ether oxygens (including phenoxy) is 2. The van der Waals surface area contributed by atoms with Crippen LogP contribution in [-0.2, 0) is 14.3 Å². The summed E-state index contributed by atoms with van der Waals surface area (Å²) in [5.74, 6) is -2.71. The molecule has 2 aliphatic heterocycles. The van der Waals surface area contributed by atoms with Gasteiger partial charge in [0.2, 0.25) is 0 Å². The van der Waals surface area contributed by atoms with Crippen molar-refractivity contribution in [1.82, 2.24) is 10.2 Å². The number of hydrogen-bond donors (Lipinski definition) is 2. The van der Waals surface area contributed by atoms with Gasteiger partial charge in [0.25, 0.3) is 17.7 Å². The van der Waals surface area contributed by atoms with Gasteiger partial charge in [-0.05, 0) is 38.0 Å². The summed E-state index contributed by atoms with van der Waals surface area (Å²) in [6.45, 7) is 2.03. The first-order valence-electron chi connectivity index (χ1n) is 8.71. The summed E-state index contributed by atoms with van der Waals surface area (Å²) >= 11 is 0. The Morgan fingerprint density at radius 1 is 1.29 bits per heavy atom. The molecule has 2 aliphatic rings. The zero-order valence-corrected chi connectivity index (χ0v) is 15.1. The minimum Gasteiger partial charge on any atom is -0.449 e. The van der Waals surface area contributed by atoms with E-state index in [9.17, 15) is 24.0 Å². The number of carbonyl (C=O) groups is 5. The van der Waals surface area contributed by atoms with Crippen LogP contribution in [0.5, 0.6) is 0 Å². The molecule has 0 bridgehead atoms. The van der Waals surface area contributed by atoms with Gasteiger partial charge in [0.05, 0.1) is 29.3 Å². The Bertz CT molecular complexity index is 861. The number of fused-ring (bicyclic) bond motifs is 1. The SMILES string of the molecule is CC(OC(=O)c1ccc2c(c1)C(=O)N(CC1CCCO1)C2=O)C(=O)NC(N)=O. The van der Waals surface area contributed by atoms with Gasteiger partial charge >= 0.3 is 12.0 Å². The molecule has 0 aliphatic carbocycles. The van der Waals surface area contributed by atoms with Gasteiger partial charge in [0.15, 0.2) is 6.10 Å². The molecule has 2 atom stereocenters. The first-order valence-corrected chi connectivity index (χ1v) is 8.71. The Morgan fingerprint density at radius 2 is 2.00 bits per heavy atom. The Morgan fingerprint density at radius 3 is 2.64 bits per heavy atom. The molecule has 2 unspecified atom stereocenters. The predicted octanol–water partition coefficient (Wildman–Crippen LogP) is 0.202. The van der Waals surface area contributed by atoms with Crippen molar-refractivity contribution in [3.8, 4) is 0 Å². The highest BCUT2D eigenvalue weighted by Gasteiger charge is 2.38. The minimum absolute atomic E-state index is 0.00223. The van der Waals surface area contributed by atoms with Crippen LogP contribution in [0.4, 0.5) is 4.79 Å². The zero-order chi connectivity index (χ0) is 20.4. The van der Waals surface area contributed by atoms with Gasteiger partial charge in [0.1, 0.15) is 0 Å². The van der Waals surface area contributed by atoms with E-state index in [2.05, 4.69) is 0 Å². The first-order chi connectivity index (χ1) is 13.3. The number of rotatable bonds is 5. The van der Waals surface area contributed by atoms with Gasteiger partial charge in [-0.3, -0.25) is 24.6 Å². The van der Waals surface area contributed by atoms with Crippen LogP contribution in [0.15, 0.2) is 18.2 Å². The van der Waals surface area contributed by atoms with Crippen LogP contribution in [0.2, 0.25) is 0 Å². The van der Waals surface area contributed by atoms with Crippen molar-refractivity contribution in [1.29, 1.82) is 0 Å². The minimum atomic E-state index is -1.28. The van der Waals surface area contributed by atoms with Gasteiger partial charge in [-0.25, -0.2) is 9.59 Å². The van der Waals surface area contributed by atoms with Crippen LogP contribution >= 0.6 is 0 Å². The van der Waals surface area contributed by atoms with Crippen molar-refractivity contribution < 1.29 is 33.4 Å².